The van der Waals surface area contributed by atoms with E-state index in [1.54, 1.807) is 18.3 Å². The van der Waals surface area contributed by atoms with Crippen LogP contribution in [-0.4, -0.2) is 25.0 Å². The van der Waals surface area contributed by atoms with Gasteiger partial charge in [0.15, 0.2) is 0 Å². The molecule has 1 aromatic carbocycles. The summed E-state index contributed by atoms with van der Waals surface area (Å²) in [7, 11) is 3.95. The lowest BCUT2D eigenvalue weighted by molar-refractivity contribution is 0.102. The molecule has 0 saturated heterocycles. The number of anilines is 2. The van der Waals surface area contributed by atoms with Gasteiger partial charge in [0.05, 0.1) is 5.69 Å². The molecule has 0 fully saturated rings. The van der Waals surface area contributed by atoms with Crippen molar-refractivity contribution >= 4 is 17.3 Å². The number of carbonyl (C=O) groups excluding carboxylic acids is 1. The highest BCUT2D eigenvalue weighted by Gasteiger charge is 2.09. The topological polar surface area (TPSA) is 71.2 Å². The normalized spacial score (nSPS) is 10.3. The van der Waals surface area contributed by atoms with Crippen molar-refractivity contribution in [3.8, 4) is 0 Å². The Hall–Kier alpha value is -2.40. The van der Waals surface area contributed by atoms with E-state index in [0.29, 0.717) is 17.8 Å². The first-order valence-electron chi connectivity index (χ1n) is 6.75. The molecule has 3 N–H and O–H groups in total. The summed E-state index contributed by atoms with van der Waals surface area (Å²) in [4.78, 5) is 18.4. The van der Waals surface area contributed by atoms with Crippen molar-refractivity contribution in [3.05, 3.63) is 53.3 Å². The zero-order valence-corrected chi connectivity index (χ0v) is 12.6. The van der Waals surface area contributed by atoms with Gasteiger partial charge in [-0.15, -0.1) is 0 Å². The van der Waals surface area contributed by atoms with Crippen molar-refractivity contribution in [3.63, 3.8) is 0 Å². The Labute approximate surface area is 124 Å². The number of nitrogens with one attached hydrogen (secondary N) is 1. The molecule has 0 aliphatic heterocycles. The molecular weight excluding hydrogens is 264 g/mol. The Balaban J connectivity index is 2.21. The molecular formula is C16H20N4O. The second-order valence-electron chi connectivity index (χ2n) is 5.09. The number of hydrogen-bond acceptors (Lipinski definition) is 4. The van der Waals surface area contributed by atoms with Crippen LogP contribution in [0.2, 0.25) is 0 Å². The van der Waals surface area contributed by atoms with Gasteiger partial charge in [-0.25, -0.2) is 0 Å². The zero-order valence-electron chi connectivity index (χ0n) is 12.6. The van der Waals surface area contributed by atoms with E-state index in [0.717, 1.165) is 16.9 Å². The Morgan fingerprint density at radius 2 is 2.05 bits per heavy atom. The number of hydrogen-bond donors (Lipinski definition) is 2. The van der Waals surface area contributed by atoms with E-state index in [2.05, 4.69) is 10.3 Å². The quantitative estimate of drug-likeness (QED) is 0.902. The molecule has 0 radical (unpaired) electrons. The molecule has 2 aromatic rings. The number of aryl methyl sites for hydroxylation is 1. The minimum Gasteiger partial charge on any atom is -0.377 e. The van der Waals surface area contributed by atoms with Crippen LogP contribution in [0.25, 0.3) is 0 Å². The summed E-state index contributed by atoms with van der Waals surface area (Å²) >= 11 is 0. The zero-order chi connectivity index (χ0) is 15.4. The molecule has 0 bridgehead atoms. The highest BCUT2D eigenvalue weighted by atomic mass is 16.1. The van der Waals surface area contributed by atoms with Crippen molar-refractivity contribution < 1.29 is 4.79 Å². The number of nitrogens with two attached hydrogens (primary N) is 1. The molecule has 0 aliphatic rings. The van der Waals surface area contributed by atoms with E-state index in [-0.39, 0.29) is 5.91 Å². The second kappa shape index (κ2) is 6.37. The van der Waals surface area contributed by atoms with E-state index in [9.17, 15) is 4.79 Å². The van der Waals surface area contributed by atoms with Crippen LogP contribution in [-0.2, 0) is 6.54 Å². The van der Waals surface area contributed by atoms with Crippen LogP contribution in [0.5, 0.6) is 0 Å². The Morgan fingerprint density at radius 3 is 2.71 bits per heavy atom. The average molecular weight is 284 g/mol. The second-order valence-corrected chi connectivity index (χ2v) is 5.09. The van der Waals surface area contributed by atoms with Gasteiger partial charge in [0.25, 0.3) is 5.91 Å². The maximum absolute atomic E-state index is 12.3. The Kier molecular flexibility index (Phi) is 4.55. The van der Waals surface area contributed by atoms with Gasteiger partial charge in [0.2, 0.25) is 0 Å². The summed E-state index contributed by atoms with van der Waals surface area (Å²) in [5, 5.41) is 2.90. The van der Waals surface area contributed by atoms with Crippen molar-refractivity contribution in [2.24, 2.45) is 5.73 Å². The predicted octanol–water partition coefficient (Wildman–Crippen LogP) is 2.17. The first kappa shape index (κ1) is 15.0. The lowest BCUT2D eigenvalue weighted by Crippen LogP contribution is -2.15. The Morgan fingerprint density at radius 1 is 1.29 bits per heavy atom. The summed E-state index contributed by atoms with van der Waals surface area (Å²) in [6.45, 7) is 2.35. The Bertz CT molecular complexity index is 652. The van der Waals surface area contributed by atoms with Gasteiger partial charge in [0.1, 0.15) is 0 Å². The summed E-state index contributed by atoms with van der Waals surface area (Å²) in [5.41, 5.74) is 9.79. The van der Waals surface area contributed by atoms with Gasteiger partial charge in [0, 0.05) is 43.8 Å². The number of aromatic nitrogens is 1. The summed E-state index contributed by atoms with van der Waals surface area (Å²) in [6, 6.07) is 9.22. The molecule has 5 heteroatoms. The standard InChI is InChI=1S/C16H20N4O/c1-11-4-5-13(9-15(11)20(2)3)19-16(21)12-6-7-18-14(8-12)10-17/h4-9H,10,17H2,1-3H3,(H,19,21). The van der Waals surface area contributed by atoms with Crippen molar-refractivity contribution in [1.82, 2.24) is 4.98 Å². The number of amides is 1. The molecule has 0 spiro atoms. The molecule has 0 saturated carbocycles. The fraction of sp³-hybridized carbons (Fsp3) is 0.250. The van der Waals surface area contributed by atoms with E-state index in [4.69, 9.17) is 5.73 Å². The molecule has 1 heterocycles. The average Bonchev–Trinajstić information content (AvgIpc) is 2.49. The van der Waals surface area contributed by atoms with Crippen LogP contribution in [0, 0.1) is 6.92 Å². The largest absolute Gasteiger partial charge is 0.377 e. The van der Waals surface area contributed by atoms with Crippen LogP contribution in [0.3, 0.4) is 0 Å². The summed E-state index contributed by atoms with van der Waals surface area (Å²) < 4.78 is 0. The lowest BCUT2D eigenvalue weighted by atomic mass is 10.1. The van der Waals surface area contributed by atoms with E-state index in [1.807, 2.05) is 44.1 Å². The maximum Gasteiger partial charge on any atom is 0.255 e. The van der Waals surface area contributed by atoms with Gasteiger partial charge >= 0.3 is 0 Å². The van der Waals surface area contributed by atoms with E-state index >= 15 is 0 Å². The third kappa shape index (κ3) is 3.58. The molecule has 5 nitrogen and oxygen atoms in total. The lowest BCUT2D eigenvalue weighted by Gasteiger charge is -2.17. The van der Waals surface area contributed by atoms with Gasteiger partial charge in [-0.1, -0.05) is 6.07 Å². The van der Waals surface area contributed by atoms with Crippen LogP contribution < -0.4 is 16.0 Å². The van der Waals surface area contributed by atoms with Gasteiger partial charge in [-0.2, -0.15) is 0 Å². The number of benzene rings is 1. The van der Waals surface area contributed by atoms with Crippen LogP contribution in [0.15, 0.2) is 36.5 Å². The third-order valence-corrected chi connectivity index (χ3v) is 3.24. The highest BCUT2D eigenvalue weighted by Crippen LogP contribution is 2.22. The predicted molar refractivity (Wildman–Crippen MR) is 85.6 cm³/mol. The smallest absolute Gasteiger partial charge is 0.255 e. The number of pyridine rings is 1. The van der Waals surface area contributed by atoms with Gasteiger partial charge < -0.3 is 16.0 Å². The fourth-order valence-corrected chi connectivity index (χ4v) is 2.10. The minimum absolute atomic E-state index is 0.166. The van der Waals surface area contributed by atoms with Crippen molar-refractivity contribution in [2.75, 3.05) is 24.3 Å². The van der Waals surface area contributed by atoms with Crippen LogP contribution in [0.1, 0.15) is 21.6 Å². The summed E-state index contributed by atoms with van der Waals surface area (Å²) in [6.07, 6.45) is 1.59. The van der Waals surface area contributed by atoms with E-state index < -0.39 is 0 Å². The van der Waals surface area contributed by atoms with Crippen molar-refractivity contribution in [1.29, 1.82) is 0 Å². The highest BCUT2D eigenvalue weighted by molar-refractivity contribution is 6.04. The molecule has 1 amide bonds. The summed E-state index contributed by atoms with van der Waals surface area (Å²) in [5.74, 6) is -0.166. The van der Waals surface area contributed by atoms with Crippen LogP contribution in [0.4, 0.5) is 11.4 Å². The van der Waals surface area contributed by atoms with E-state index in [1.165, 1.54) is 0 Å². The molecule has 110 valence electrons. The van der Waals surface area contributed by atoms with Gasteiger partial charge in [-0.3, -0.25) is 9.78 Å². The molecule has 0 aliphatic carbocycles. The van der Waals surface area contributed by atoms with Crippen molar-refractivity contribution in [2.45, 2.75) is 13.5 Å². The number of rotatable bonds is 4. The molecule has 21 heavy (non-hydrogen) atoms. The molecule has 0 unspecified atom stereocenters. The SMILES string of the molecule is Cc1ccc(NC(=O)c2ccnc(CN)c2)cc1N(C)C. The number of carbonyl (C=O) groups is 1. The number of nitrogens with zero attached hydrogens (tertiary/aromatic N) is 2. The fourth-order valence-electron chi connectivity index (χ4n) is 2.10. The third-order valence-electron chi connectivity index (χ3n) is 3.24. The van der Waals surface area contributed by atoms with Gasteiger partial charge in [-0.05, 0) is 36.8 Å². The molecule has 2 rings (SSSR count). The van der Waals surface area contributed by atoms with Crippen LogP contribution >= 0.6 is 0 Å². The first-order chi connectivity index (χ1) is 10.0. The minimum atomic E-state index is -0.166. The molecule has 1 aromatic heterocycles. The molecule has 0 atom stereocenters. The first-order valence-corrected chi connectivity index (χ1v) is 6.75. The monoisotopic (exact) mass is 284 g/mol. The maximum atomic E-state index is 12.3.